The maximum absolute atomic E-state index is 11.7. The van der Waals surface area contributed by atoms with E-state index in [0.29, 0.717) is 16.8 Å². The molecule has 1 atom stereocenters. The summed E-state index contributed by atoms with van der Waals surface area (Å²) in [7, 11) is -0.155. The third-order valence-electron chi connectivity index (χ3n) is 2.18. The van der Waals surface area contributed by atoms with Crippen LogP contribution in [0, 0.1) is 0 Å². The monoisotopic (exact) mass is 240 g/mol. The normalized spacial score (nSPS) is 29.3. The molecule has 84 valence electrons. The highest BCUT2D eigenvalue weighted by Gasteiger charge is 2.38. The summed E-state index contributed by atoms with van der Waals surface area (Å²) in [6.45, 7) is 0.650. The van der Waals surface area contributed by atoms with Crippen LogP contribution in [0.5, 0.6) is 0 Å². The lowest BCUT2D eigenvalue weighted by molar-refractivity contribution is -0.155. The molecule has 1 unspecified atom stereocenters. The number of ether oxygens (including phenoxy) is 1. The van der Waals surface area contributed by atoms with Crippen molar-refractivity contribution in [1.29, 1.82) is 0 Å². The highest BCUT2D eigenvalue weighted by atomic mass is 31.2. The second-order valence-electron chi connectivity index (χ2n) is 3.34. The lowest BCUT2D eigenvalue weighted by Gasteiger charge is -2.35. The van der Waals surface area contributed by atoms with Crippen LogP contribution in [0.1, 0.15) is 19.3 Å². The van der Waals surface area contributed by atoms with Gasteiger partial charge in [0.25, 0.3) is 0 Å². The number of phosphoric ester groups is 1. The Labute approximate surface area is 87.1 Å². The van der Waals surface area contributed by atoms with E-state index in [1.165, 1.54) is 14.2 Å². The predicted octanol–water partition coefficient (Wildman–Crippen LogP) is 0.624. The highest BCUT2D eigenvalue weighted by molar-refractivity contribution is 7.48. The van der Waals surface area contributed by atoms with Crippen LogP contribution in [-0.2, 0) is 22.9 Å². The zero-order chi connectivity index (χ0) is 10.7. The fraction of sp³-hybridized carbons (Fsp3) is 1.00. The summed E-state index contributed by atoms with van der Waals surface area (Å²) in [5.41, 5.74) is -0.709. The van der Waals surface area contributed by atoms with E-state index >= 15 is 0 Å². The van der Waals surface area contributed by atoms with Gasteiger partial charge in [-0.25, -0.2) is 4.57 Å². The molecule has 0 aromatic carbocycles. The van der Waals surface area contributed by atoms with Gasteiger partial charge in [0, 0.05) is 20.8 Å². The molecule has 7 heteroatoms. The zero-order valence-corrected chi connectivity index (χ0v) is 11.7. The molecule has 0 aromatic rings. The Morgan fingerprint density at radius 3 is 2.43 bits per heavy atom. The first-order valence-corrected chi connectivity index (χ1v) is 7.06. The smallest absolute Gasteiger partial charge is 0.354 e. The summed E-state index contributed by atoms with van der Waals surface area (Å²) < 4.78 is 31.9. The average molecular weight is 240 g/mol. The van der Waals surface area contributed by atoms with E-state index in [-0.39, 0.29) is 0 Å². The first-order valence-electron chi connectivity index (χ1n) is 4.60. The largest absolute Gasteiger partial charge is 0.476 e. The number of phosphoric acid groups is 1. The molecule has 1 rings (SSSR count). The molecule has 0 spiro atoms. The molecule has 5 nitrogen and oxygen atoms in total. The third kappa shape index (κ3) is 3.15. The average Bonchev–Trinajstić information content (AvgIpc) is 2.18. The van der Waals surface area contributed by atoms with Crippen molar-refractivity contribution in [1.82, 2.24) is 0 Å². The SMILES string of the molecule is COP(=O)(OC)OC1([SiH3])CCCCO1. The van der Waals surface area contributed by atoms with Crippen LogP contribution >= 0.6 is 7.82 Å². The van der Waals surface area contributed by atoms with E-state index in [2.05, 4.69) is 0 Å². The Balaban J connectivity index is 2.60. The lowest BCUT2D eigenvalue weighted by atomic mass is 10.2. The minimum absolute atomic E-state index is 0.643. The van der Waals surface area contributed by atoms with Gasteiger partial charge in [0.05, 0.1) is 10.2 Å². The van der Waals surface area contributed by atoms with Gasteiger partial charge in [0.2, 0.25) is 0 Å². The third-order valence-corrected chi connectivity index (χ3v) is 5.03. The fourth-order valence-electron chi connectivity index (χ4n) is 1.37. The van der Waals surface area contributed by atoms with Crippen LogP contribution in [0.15, 0.2) is 0 Å². The molecule has 1 aliphatic rings. The van der Waals surface area contributed by atoms with Crippen molar-refractivity contribution in [2.24, 2.45) is 0 Å². The maximum atomic E-state index is 11.7. The van der Waals surface area contributed by atoms with Crippen molar-refractivity contribution in [3.63, 3.8) is 0 Å². The molecule has 0 N–H and O–H groups in total. The van der Waals surface area contributed by atoms with Crippen LogP contribution in [0.4, 0.5) is 0 Å². The van der Waals surface area contributed by atoms with Gasteiger partial charge >= 0.3 is 7.82 Å². The van der Waals surface area contributed by atoms with Gasteiger partial charge in [-0.05, 0) is 19.3 Å². The van der Waals surface area contributed by atoms with Gasteiger partial charge in [0.15, 0.2) is 5.41 Å². The maximum Gasteiger partial charge on any atom is 0.476 e. The van der Waals surface area contributed by atoms with Crippen LogP contribution in [0.25, 0.3) is 0 Å². The molecule has 1 fully saturated rings. The van der Waals surface area contributed by atoms with Crippen molar-refractivity contribution >= 4 is 18.1 Å². The zero-order valence-electron chi connectivity index (χ0n) is 8.82. The quantitative estimate of drug-likeness (QED) is 0.532. The number of hydrogen-bond acceptors (Lipinski definition) is 5. The van der Waals surface area contributed by atoms with E-state index in [1.54, 1.807) is 0 Å². The van der Waals surface area contributed by atoms with Gasteiger partial charge in [0.1, 0.15) is 0 Å². The summed E-state index contributed by atoms with van der Waals surface area (Å²) in [4.78, 5) is 0. The summed E-state index contributed by atoms with van der Waals surface area (Å²) in [5, 5.41) is 0. The Morgan fingerprint density at radius 2 is 2.00 bits per heavy atom. The highest BCUT2D eigenvalue weighted by Crippen LogP contribution is 2.52. The molecule has 14 heavy (non-hydrogen) atoms. The predicted molar refractivity (Wildman–Crippen MR) is 55.2 cm³/mol. The van der Waals surface area contributed by atoms with E-state index in [0.717, 1.165) is 19.3 Å². The minimum atomic E-state index is -3.41. The van der Waals surface area contributed by atoms with Crippen LogP contribution in [0.2, 0.25) is 0 Å². The van der Waals surface area contributed by atoms with Gasteiger partial charge < -0.3 is 4.74 Å². The molecule has 0 bridgehead atoms. The van der Waals surface area contributed by atoms with Gasteiger partial charge in [-0.2, -0.15) is 0 Å². The first kappa shape index (κ1) is 12.4. The van der Waals surface area contributed by atoms with Crippen molar-refractivity contribution in [3.05, 3.63) is 0 Å². The van der Waals surface area contributed by atoms with Crippen molar-refractivity contribution in [2.75, 3.05) is 20.8 Å². The first-order chi connectivity index (χ1) is 6.54. The molecule has 0 aromatic heterocycles. The second-order valence-corrected chi connectivity index (χ2v) is 6.67. The Kier molecular flexibility index (Phi) is 4.30. The standard InChI is InChI=1S/C7H17O5PSi/c1-9-13(8,10-2)12-7(14)5-3-4-6-11-7/h3-6H2,1-2,14H3. The topological polar surface area (TPSA) is 54.0 Å². The van der Waals surface area contributed by atoms with Gasteiger partial charge in [-0.3, -0.25) is 13.6 Å². The molecule has 0 saturated carbocycles. The molecule has 0 aliphatic carbocycles. The molecular weight excluding hydrogens is 223 g/mol. The van der Waals surface area contributed by atoms with Crippen LogP contribution in [0.3, 0.4) is 0 Å². The Hall–Kier alpha value is 0.287. The van der Waals surface area contributed by atoms with Crippen LogP contribution < -0.4 is 0 Å². The van der Waals surface area contributed by atoms with E-state index in [1.807, 2.05) is 0 Å². The van der Waals surface area contributed by atoms with E-state index < -0.39 is 13.2 Å². The number of rotatable bonds is 4. The summed E-state index contributed by atoms with van der Waals surface area (Å²) in [5.74, 6) is 0. The van der Waals surface area contributed by atoms with Crippen molar-refractivity contribution in [3.8, 4) is 0 Å². The fourth-order valence-corrected chi connectivity index (χ4v) is 3.51. The lowest BCUT2D eigenvalue weighted by Crippen LogP contribution is -2.39. The van der Waals surface area contributed by atoms with E-state index in [4.69, 9.17) is 18.3 Å². The molecule has 0 amide bonds. The molecular formula is C7H17O5PSi. The molecule has 0 radical (unpaired) electrons. The number of hydrogen-bond donors (Lipinski definition) is 0. The summed E-state index contributed by atoms with van der Waals surface area (Å²) in [6.07, 6.45) is 2.81. The van der Waals surface area contributed by atoms with E-state index in [9.17, 15) is 4.57 Å². The summed E-state index contributed by atoms with van der Waals surface area (Å²) >= 11 is 0. The van der Waals surface area contributed by atoms with Crippen molar-refractivity contribution < 1.29 is 22.9 Å². The van der Waals surface area contributed by atoms with Crippen molar-refractivity contribution in [2.45, 2.75) is 24.7 Å². The molecule has 1 saturated heterocycles. The summed E-state index contributed by atoms with van der Waals surface area (Å²) in [6, 6.07) is 0. The van der Waals surface area contributed by atoms with Crippen LogP contribution in [-0.4, -0.2) is 36.5 Å². The minimum Gasteiger partial charge on any atom is -0.354 e. The Morgan fingerprint density at radius 1 is 1.36 bits per heavy atom. The second kappa shape index (κ2) is 4.87. The molecule has 1 heterocycles. The van der Waals surface area contributed by atoms with Gasteiger partial charge in [-0.1, -0.05) is 0 Å². The molecule has 1 aliphatic heterocycles. The Bertz CT molecular complexity index is 220. The van der Waals surface area contributed by atoms with Gasteiger partial charge in [-0.15, -0.1) is 0 Å².